The van der Waals surface area contributed by atoms with Crippen molar-refractivity contribution in [3.63, 3.8) is 0 Å². The standard InChI is InChI=1S/C11H15BrFNO2.ClH/c1-15-10-6-8(12)11(16-2)5-7(10)9(14)3-4-13;/h5-6,9H,3-4,14H2,1-2H3;1H/t9-;/m0./s1. The molecule has 6 heteroatoms. The van der Waals surface area contributed by atoms with Gasteiger partial charge in [-0.3, -0.25) is 4.39 Å². The van der Waals surface area contributed by atoms with Gasteiger partial charge in [-0.05, 0) is 34.5 Å². The summed E-state index contributed by atoms with van der Waals surface area (Å²) in [6.45, 7) is -0.456. The van der Waals surface area contributed by atoms with E-state index in [1.165, 1.54) is 0 Å². The maximum absolute atomic E-state index is 12.3. The lowest BCUT2D eigenvalue weighted by molar-refractivity contribution is 0.385. The third-order valence-electron chi connectivity index (χ3n) is 2.32. The van der Waals surface area contributed by atoms with Gasteiger partial charge in [-0.25, -0.2) is 0 Å². The summed E-state index contributed by atoms with van der Waals surface area (Å²) in [5.41, 5.74) is 6.61. The Kier molecular flexibility index (Phi) is 7.50. The van der Waals surface area contributed by atoms with Crippen LogP contribution in [0.2, 0.25) is 0 Å². The van der Waals surface area contributed by atoms with E-state index >= 15 is 0 Å². The van der Waals surface area contributed by atoms with Crippen molar-refractivity contribution in [1.82, 2.24) is 0 Å². The Balaban J connectivity index is 0.00000256. The summed E-state index contributed by atoms with van der Waals surface area (Å²) in [7, 11) is 3.12. The van der Waals surface area contributed by atoms with Crippen molar-refractivity contribution in [2.45, 2.75) is 12.5 Å². The fourth-order valence-corrected chi connectivity index (χ4v) is 1.93. The molecule has 3 nitrogen and oxygen atoms in total. The van der Waals surface area contributed by atoms with Gasteiger partial charge in [0.2, 0.25) is 0 Å². The molecule has 0 aliphatic rings. The van der Waals surface area contributed by atoms with Gasteiger partial charge in [0.25, 0.3) is 0 Å². The predicted octanol–water partition coefficient (Wildman–Crippen LogP) is 3.25. The van der Waals surface area contributed by atoms with Crippen LogP contribution in [-0.4, -0.2) is 20.9 Å². The molecule has 1 rings (SSSR count). The first kappa shape index (κ1) is 16.5. The molecule has 0 aliphatic carbocycles. The number of halogens is 3. The van der Waals surface area contributed by atoms with Gasteiger partial charge in [0.1, 0.15) is 11.5 Å². The summed E-state index contributed by atoms with van der Waals surface area (Å²) in [6.07, 6.45) is 0.265. The first-order chi connectivity index (χ1) is 7.63. The van der Waals surface area contributed by atoms with Gasteiger partial charge in [0, 0.05) is 11.6 Å². The van der Waals surface area contributed by atoms with Crippen molar-refractivity contribution in [1.29, 1.82) is 0 Å². The van der Waals surface area contributed by atoms with Crippen LogP contribution in [0.25, 0.3) is 0 Å². The number of hydrogen-bond acceptors (Lipinski definition) is 3. The van der Waals surface area contributed by atoms with Crippen LogP contribution in [0.4, 0.5) is 4.39 Å². The predicted molar refractivity (Wildman–Crippen MR) is 72.0 cm³/mol. The number of rotatable bonds is 5. The van der Waals surface area contributed by atoms with Crippen LogP contribution in [0.1, 0.15) is 18.0 Å². The fourth-order valence-electron chi connectivity index (χ4n) is 1.45. The van der Waals surface area contributed by atoms with Gasteiger partial charge in [-0.1, -0.05) is 0 Å². The summed E-state index contributed by atoms with van der Waals surface area (Å²) < 4.78 is 23.4. The Hall–Kier alpha value is -0.520. The van der Waals surface area contributed by atoms with E-state index in [2.05, 4.69) is 15.9 Å². The molecule has 0 saturated carbocycles. The topological polar surface area (TPSA) is 44.5 Å². The molecule has 0 spiro atoms. The summed E-state index contributed by atoms with van der Waals surface area (Å²) in [5.74, 6) is 1.29. The minimum absolute atomic E-state index is 0. The third kappa shape index (κ3) is 4.01. The minimum Gasteiger partial charge on any atom is -0.496 e. The number of ether oxygens (including phenoxy) is 2. The SMILES string of the molecule is COc1cc([C@@H](N)CCF)c(OC)cc1Br.Cl. The van der Waals surface area contributed by atoms with Gasteiger partial charge in [0.05, 0.1) is 25.4 Å². The lowest BCUT2D eigenvalue weighted by atomic mass is 10.0. The van der Waals surface area contributed by atoms with E-state index in [-0.39, 0.29) is 24.9 Å². The molecular weight excluding hydrogens is 312 g/mol. The van der Waals surface area contributed by atoms with E-state index in [9.17, 15) is 4.39 Å². The lowest BCUT2D eigenvalue weighted by Gasteiger charge is -2.16. The smallest absolute Gasteiger partial charge is 0.133 e. The Morgan fingerprint density at radius 2 is 1.88 bits per heavy atom. The maximum Gasteiger partial charge on any atom is 0.133 e. The monoisotopic (exact) mass is 327 g/mol. The van der Waals surface area contributed by atoms with Crippen molar-refractivity contribution in [2.75, 3.05) is 20.9 Å². The highest BCUT2D eigenvalue weighted by molar-refractivity contribution is 9.10. The van der Waals surface area contributed by atoms with E-state index in [0.29, 0.717) is 11.5 Å². The summed E-state index contributed by atoms with van der Waals surface area (Å²) >= 11 is 3.35. The molecule has 98 valence electrons. The van der Waals surface area contributed by atoms with E-state index in [1.54, 1.807) is 26.4 Å². The molecule has 17 heavy (non-hydrogen) atoms. The first-order valence-electron chi connectivity index (χ1n) is 4.87. The molecule has 0 bridgehead atoms. The maximum atomic E-state index is 12.3. The van der Waals surface area contributed by atoms with Gasteiger partial charge in [0.15, 0.2) is 0 Å². The summed E-state index contributed by atoms with van der Waals surface area (Å²) in [4.78, 5) is 0. The quantitative estimate of drug-likeness (QED) is 0.902. The van der Waals surface area contributed by atoms with Crippen LogP contribution in [0.15, 0.2) is 16.6 Å². The van der Waals surface area contributed by atoms with Gasteiger partial charge >= 0.3 is 0 Å². The average molecular weight is 329 g/mol. The van der Waals surface area contributed by atoms with Gasteiger partial charge in [-0.15, -0.1) is 12.4 Å². The molecule has 0 aromatic heterocycles. The van der Waals surface area contributed by atoms with E-state index in [4.69, 9.17) is 15.2 Å². The summed E-state index contributed by atoms with van der Waals surface area (Å²) in [5, 5.41) is 0. The zero-order valence-electron chi connectivity index (χ0n) is 9.70. The van der Waals surface area contributed by atoms with Crippen LogP contribution in [0.5, 0.6) is 11.5 Å². The molecule has 1 aromatic rings. The average Bonchev–Trinajstić information content (AvgIpc) is 2.28. The van der Waals surface area contributed by atoms with Crippen LogP contribution >= 0.6 is 28.3 Å². The molecule has 0 amide bonds. The van der Waals surface area contributed by atoms with E-state index in [1.807, 2.05) is 0 Å². The number of nitrogens with two attached hydrogens (primary N) is 1. The van der Waals surface area contributed by atoms with Gasteiger partial charge < -0.3 is 15.2 Å². The van der Waals surface area contributed by atoms with Crippen molar-refractivity contribution >= 4 is 28.3 Å². The highest BCUT2D eigenvalue weighted by Gasteiger charge is 2.15. The Labute approximate surface area is 115 Å². The lowest BCUT2D eigenvalue weighted by Crippen LogP contribution is -2.12. The molecule has 1 atom stereocenters. The van der Waals surface area contributed by atoms with Crippen LogP contribution in [-0.2, 0) is 0 Å². The number of hydrogen-bond donors (Lipinski definition) is 1. The molecule has 2 N–H and O–H groups in total. The molecule has 0 unspecified atom stereocenters. The fraction of sp³-hybridized carbons (Fsp3) is 0.455. The number of benzene rings is 1. The molecule has 0 aliphatic heterocycles. The van der Waals surface area contributed by atoms with Crippen LogP contribution in [0.3, 0.4) is 0 Å². The second-order valence-corrected chi connectivity index (χ2v) is 4.17. The third-order valence-corrected chi connectivity index (χ3v) is 2.94. The van der Waals surface area contributed by atoms with Crippen LogP contribution in [0, 0.1) is 0 Å². The second-order valence-electron chi connectivity index (χ2n) is 3.31. The second kappa shape index (κ2) is 7.74. The minimum atomic E-state index is -0.456. The summed E-state index contributed by atoms with van der Waals surface area (Å²) in [6, 6.07) is 3.15. The van der Waals surface area contributed by atoms with Crippen molar-refractivity contribution in [3.8, 4) is 11.5 Å². The molecule has 0 radical (unpaired) electrons. The van der Waals surface area contributed by atoms with Gasteiger partial charge in [-0.2, -0.15) is 0 Å². The Bertz CT molecular complexity index is 366. The van der Waals surface area contributed by atoms with Crippen molar-refractivity contribution < 1.29 is 13.9 Å². The molecule has 0 saturated heterocycles. The highest BCUT2D eigenvalue weighted by Crippen LogP contribution is 2.35. The first-order valence-corrected chi connectivity index (χ1v) is 5.66. The Morgan fingerprint density at radius 1 is 1.29 bits per heavy atom. The molecule has 1 aromatic carbocycles. The highest BCUT2D eigenvalue weighted by atomic mass is 79.9. The van der Waals surface area contributed by atoms with E-state index in [0.717, 1.165) is 10.0 Å². The zero-order chi connectivity index (χ0) is 12.1. The van der Waals surface area contributed by atoms with Crippen LogP contribution < -0.4 is 15.2 Å². The molecule has 0 fully saturated rings. The van der Waals surface area contributed by atoms with Crippen molar-refractivity contribution in [2.24, 2.45) is 5.73 Å². The number of alkyl halides is 1. The van der Waals surface area contributed by atoms with E-state index < -0.39 is 6.67 Å². The number of methoxy groups -OCH3 is 2. The molecular formula is C11H16BrClFNO2. The van der Waals surface area contributed by atoms with Crippen molar-refractivity contribution in [3.05, 3.63) is 22.2 Å². The zero-order valence-corrected chi connectivity index (χ0v) is 12.1. The Morgan fingerprint density at radius 3 is 2.35 bits per heavy atom. The largest absolute Gasteiger partial charge is 0.496 e. The molecule has 0 heterocycles. The normalized spacial score (nSPS) is 11.6.